The first-order valence-corrected chi connectivity index (χ1v) is 6.15. The molecule has 1 aromatic rings. The summed E-state index contributed by atoms with van der Waals surface area (Å²) >= 11 is 3.62. The van der Waals surface area contributed by atoms with E-state index in [1.165, 1.54) is 18.4 Å². The van der Waals surface area contributed by atoms with Gasteiger partial charge in [-0.3, -0.25) is 0 Å². The lowest BCUT2D eigenvalue weighted by Crippen LogP contribution is -2.28. The van der Waals surface area contributed by atoms with Crippen molar-refractivity contribution in [3.05, 3.63) is 28.2 Å². The van der Waals surface area contributed by atoms with Crippen molar-refractivity contribution in [3.63, 3.8) is 0 Å². The highest BCUT2D eigenvalue weighted by molar-refractivity contribution is 9.10. The largest absolute Gasteiger partial charge is 0.496 e. The van der Waals surface area contributed by atoms with Crippen LogP contribution in [-0.2, 0) is 0 Å². The molecular formula is C12H16BrNO. The molecule has 3 heteroatoms. The summed E-state index contributed by atoms with van der Waals surface area (Å²) in [4.78, 5) is 0. The van der Waals surface area contributed by atoms with E-state index in [1.807, 2.05) is 6.07 Å². The molecule has 82 valence electrons. The molecule has 2 nitrogen and oxygen atoms in total. The van der Waals surface area contributed by atoms with Gasteiger partial charge in [0.05, 0.1) is 11.6 Å². The van der Waals surface area contributed by atoms with Crippen LogP contribution >= 0.6 is 15.9 Å². The second kappa shape index (κ2) is 4.99. The Kier molecular flexibility index (Phi) is 3.65. The van der Waals surface area contributed by atoms with Crippen LogP contribution in [0.4, 0.5) is 0 Å². The molecular weight excluding hydrogens is 254 g/mol. The molecule has 0 radical (unpaired) electrons. The van der Waals surface area contributed by atoms with Crippen molar-refractivity contribution in [1.82, 2.24) is 5.32 Å². The molecule has 1 aliphatic rings. The first-order chi connectivity index (χ1) is 7.33. The van der Waals surface area contributed by atoms with Crippen molar-refractivity contribution in [1.29, 1.82) is 0 Å². The Morgan fingerprint density at radius 2 is 2.33 bits per heavy atom. The van der Waals surface area contributed by atoms with Gasteiger partial charge in [0.25, 0.3) is 0 Å². The molecule has 1 heterocycles. The molecule has 0 aromatic heterocycles. The Bertz CT molecular complexity index is 334. The summed E-state index contributed by atoms with van der Waals surface area (Å²) in [7, 11) is 1.71. The van der Waals surface area contributed by atoms with Crippen LogP contribution in [0.5, 0.6) is 5.75 Å². The Hall–Kier alpha value is -0.540. The molecule has 0 bridgehead atoms. The number of hydrogen-bond donors (Lipinski definition) is 1. The van der Waals surface area contributed by atoms with E-state index < -0.39 is 0 Å². The maximum atomic E-state index is 5.31. The average Bonchev–Trinajstić information content (AvgIpc) is 2.30. The van der Waals surface area contributed by atoms with E-state index in [4.69, 9.17) is 4.74 Å². The quantitative estimate of drug-likeness (QED) is 0.892. The number of rotatable bonds is 2. The van der Waals surface area contributed by atoms with Crippen LogP contribution in [0.15, 0.2) is 22.7 Å². The highest BCUT2D eigenvalue weighted by Crippen LogP contribution is 2.35. The predicted octanol–water partition coefficient (Wildman–Crippen LogP) is 2.92. The zero-order valence-corrected chi connectivity index (χ0v) is 10.5. The Morgan fingerprint density at radius 3 is 3.00 bits per heavy atom. The fourth-order valence-corrected chi connectivity index (χ4v) is 2.87. The van der Waals surface area contributed by atoms with E-state index in [1.54, 1.807) is 7.11 Å². The van der Waals surface area contributed by atoms with Gasteiger partial charge in [0.1, 0.15) is 5.75 Å². The van der Waals surface area contributed by atoms with E-state index in [0.717, 1.165) is 23.3 Å². The molecule has 1 N–H and O–H groups in total. The van der Waals surface area contributed by atoms with E-state index >= 15 is 0 Å². The molecule has 0 spiro atoms. The highest BCUT2D eigenvalue weighted by Gasteiger charge is 2.18. The van der Waals surface area contributed by atoms with E-state index in [2.05, 4.69) is 33.4 Å². The molecule has 1 fully saturated rings. The van der Waals surface area contributed by atoms with Gasteiger partial charge in [-0.2, -0.15) is 0 Å². The number of methoxy groups -OCH3 is 1. The fraction of sp³-hybridized carbons (Fsp3) is 0.500. The van der Waals surface area contributed by atoms with Crippen molar-refractivity contribution in [3.8, 4) is 5.75 Å². The second-order valence-electron chi connectivity index (χ2n) is 3.91. The Morgan fingerprint density at radius 1 is 1.47 bits per heavy atom. The van der Waals surface area contributed by atoms with E-state index in [9.17, 15) is 0 Å². The lowest BCUT2D eigenvalue weighted by molar-refractivity contribution is 0.408. The molecule has 1 aliphatic heterocycles. The second-order valence-corrected chi connectivity index (χ2v) is 4.70. The van der Waals surface area contributed by atoms with Crippen LogP contribution in [-0.4, -0.2) is 20.2 Å². The average molecular weight is 270 g/mol. The number of halogens is 1. The van der Waals surface area contributed by atoms with Gasteiger partial charge in [-0.15, -0.1) is 0 Å². The number of ether oxygens (including phenoxy) is 1. The highest BCUT2D eigenvalue weighted by atomic mass is 79.9. The third kappa shape index (κ3) is 2.34. The van der Waals surface area contributed by atoms with Crippen LogP contribution in [0.3, 0.4) is 0 Å². The van der Waals surface area contributed by atoms with Gasteiger partial charge >= 0.3 is 0 Å². The minimum absolute atomic E-state index is 0.614. The molecule has 2 rings (SSSR count). The smallest absolute Gasteiger partial charge is 0.133 e. The van der Waals surface area contributed by atoms with Gasteiger partial charge in [-0.1, -0.05) is 12.1 Å². The predicted molar refractivity (Wildman–Crippen MR) is 65.5 cm³/mol. The van der Waals surface area contributed by atoms with Crippen LogP contribution in [0.25, 0.3) is 0 Å². The molecule has 0 aliphatic carbocycles. The van der Waals surface area contributed by atoms with E-state index in [-0.39, 0.29) is 0 Å². The van der Waals surface area contributed by atoms with Crippen molar-refractivity contribution in [2.75, 3.05) is 20.2 Å². The Balaban J connectivity index is 2.26. The van der Waals surface area contributed by atoms with Crippen molar-refractivity contribution < 1.29 is 4.74 Å². The van der Waals surface area contributed by atoms with Crippen LogP contribution in [0.1, 0.15) is 24.3 Å². The van der Waals surface area contributed by atoms with Crippen molar-refractivity contribution in [2.24, 2.45) is 0 Å². The molecule has 1 saturated heterocycles. The maximum absolute atomic E-state index is 5.31. The summed E-state index contributed by atoms with van der Waals surface area (Å²) in [5.41, 5.74) is 1.36. The van der Waals surface area contributed by atoms with Crippen LogP contribution in [0.2, 0.25) is 0 Å². The number of nitrogens with one attached hydrogen (secondary N) is 1. The third-order valence-electron chi connectivity index (χ3n) is 2.95. The summed E-state index contributed by atoms with van der Waals surface area (Å²) in [5, 5.41) is 3.44. The first-order valence-electron chi connectivity index (χ1n) is 5.36. The zero-order chi connectivity index (χ0) is 10.7. The monoisotopic (exact) mass is 269 g/mol. The fourth-order valence-electron chi connectivity index (χ4n) is 2.12. The molecule has 0 amide bonds. The molecule has 1 aromatic carbocycles. The summed E-state index contributed by atoms with van der Waals surface area (Å²) in [5.74, 6) is 1.54. The summed E-state index contributed by atoms with van der Waals surface area (Å²) in [6.07, 6.45) is 2.52. The number of hydrogen-bond acceptors (Lipinski definition) is 2. The number of benzene rings is 1. The van der Waals surface area contributed by atoms with Crippen molar-refractivity contribution >= 4 is 15.9 Å². The minimum atomic E-state index is 0.614. The SMILES string of the molecule is COc1cccc(C2CCCNC2)c1Br. The lowest BCUT2D eigenvalue weighted by Gasteiger charge is -2.24. The Labute approximate surface area is 99.1 Å². The van der Waals surface area contributed by atoms with Crippen molar-refractivity contribution in [2.45, 2.75) is 18.8 Å². The van der Waals surface area contributed by atoms with Gasteiger partial charge in [0.15, 0.2) is 0 Å². The van der Waals surface area contributed by atoms with Gasteiger partial charge in [0, 0.05) is 6.54 Å². The van der Waals surface area contributed by atoms with Crippen LogP contribution < -0.4 is 10.1 Å². The normalized spacial score (nSPS) is 21.3. The summed E-state index contributed by atoms with van der Waals surface area (Å²) < 4.78 is 6.42. The van der Waals surface area contributed by atoms with Gasteiger partial charge in [-0.05, 0) is 52.9 Å². The van der Waals surface area contributed by atoms with Gasteiger partial charge in [-0.25, -0.2) is 0 Å². The van der Waals surface area contributed by atoms with Gasteiger partial charge in [0.2, 0.25) is 0 Å². The maximum Gasteiger partial charge on any atom is 0.133 e. The first kappa shape index (κ1) is 11.0. The van der Waals surface area contributed by atoms with Gasteiger partial charge < -0.3 is 10.1 Å². The standard InChI is InChI=1S/C12H16BrNO/c1-15-11-6-2-5-10(12(11)13)9-4-3-7-14-8-9/h2,5-6,9,14H,3-4,7-8H2,1H3. The molecule has 15 heavy (non-hydrogen) atoms. The van der Waals surface area contributed by atoms with E-state index in [0.29, 0.717) is 5.92 Å². The lowest BCUT2D eigenvalue weighted by atomic mass is 9.91. The summed E-state index contributed by atoms with van der Waals surface area (Å²) in [6, 6.07) is 6.24. The number of piperidine rings is 1. The molecule has 0 saturated carbocycles. The summed E-state index contributed by atoms with van der Waals surface area (Å²) in [6.45, 7) is 2.23. The minimum Gasteiger partial charge on any atom is -0.496 e. The molecule has 1 atom stereocenters. The third-order valence-corrected chi connectivity index (χ3v) is 3.80. The topological polar surface area (TPSA) is 21.3 Å². The van der Waals surface area contributed by atoms with Crippen LogP contribution in [0, 0.1) is 0 Å². The zero-order valence-electron chi connectivity index (χ0n) is 8.92. The molecule has 1 unspecified atom stereocenters.